The van der Waals surface area contributed by atoms with E-state index in [1.807, 2.05) is 19.1 Å². The van der Waals surface area contributed by atoms with Crippen molar-refractivity contribution in [2.45, 2.75) is 13.8 Å². The highest BCUT2D eigenvalue weighted by Gasteiger charge is 2.18. The molecule has 0 atom stereocenters. The van der Waals surface area contributed by atoms with Crippen LogP contribution in [0.5, 0.6) is 0 Å². The Hall–Kier alpha value is -1.88. The summed E-state index contributed by atoms with van der Waals surface area (Å²) in [6, 6.07) is 5.43. The summed E-state index contributed by atoms with van der Waals surface area (Å²) >= 11 is 5.90. The molecule has 0 N–H and O–H groups in total. The Labute approximate surface area is 109 Å². The number of rotatable bonds is 2. The molecule has 0 aliphatic carbocycles. The van der Waals surface area contributed by atoms with Gasteiger partial charge < -0.3 is 4.74 Å². The van der Waals surface area contributed by atoms with E-state index >= 15 is 0 Å². The molecular formula is C12H12ClN3O2. The topological polar surface area (TPSA) is 57.0 Å². The van der Waals surface area contributed by atoms with Crippen molar-refractivity contribution in [1.82, 2.24) is 15.0 Å². The predicted octanol–water partition coefficient (Wildman–Crippen LogP) is 2.32. The largest absolute Gasteiger partial charge is 0.464 e. The maximum absolute atomic E-state index is 11.5. The number of hydrogen-bond donors (Lipinski definition) is 0. The van der Waals surface area contributed by atoms with Gasteiger partial charge in [-0.1, -0.05) is 16.8 Å². The van der Waals surface area contributed by atoms with Gasteiger partial charge in [-0.05, 0) is 37.6 Å². The molecule has 0 aliphatic heterocycles. The Balaban J connectivity index is 2.52. The molecule has 0 radical (unpaired) electrons. The minimum absolute atomic E-state index is 0.215. The van der Waals surface area contributed by atoms with Gasteiger partial charge in [-0.25, -0.2) is 9.48 Å². The lowest BCUT2D eigenvalue weighted by Gasteiger charge is -2.07. The van der Waals surface area contributed by atoms with Gasteiger partial charge in [0, 0.05) is 5.02 Å². The Bertz CT molecular complexity index is 607. The van der Waals surface area contributed by atoms with Crippen LogP contribution in [0.3, 0.4) is 0 Å². The average molecular weight is 266 g/mol. The number of esters is 1. The first kappa shape index (κ1) is 12.6. The maximum atomic E-state index is 11.5. The van der Waals surface area contributed by atoms with Gasteiger partial charge in [0.05, 0.1) is 18.5 Å². The third kappa shape index (κ3) is 2.09. The zero-order valence-electron chi connectivity index (χ0n) is 10.3. The van der Waals surface area contributed by atoms with Gasteiger partial charge in [0.1, 0.15) is 0 Å². The van der Waals surface area contributed by atoms with Gasteiger partial charge in [0.2, 0.25) is 0 Å². The van der Waals surface area contributed by atoms with Crippen molar-refractivity contribution in [3.05, 3.63) is 40.2 Å². The normalized spacial score (nSPS) is 10.4. The highest BCUT2D eigenvalue weighted by atomic mass is 35.5. The van der Waals surface area contributed by atoms with E-state index in [1.54, 1.807) is 17.7 Å². The maximum Gasteiger partial charge on any atom is 0.360 e. The van der Waals surface area contributed by atoms with E-state index in [4.69, 9.17) is 11.6 Å². The third-order valence-electron chi connectivity index (χ3n) is 2.66. The van der Waals surface area contributed by atoms with Crippen LogP contribution in [0.15, 0.2) is 18.2 Å². The van der Waals surface area contributed by atoms with E-state index < -0.39 is 5.97 Å². The summed E-state index contributed by atoms with van der Waals surface area (Å²) in [4.78, 5) is 11.5. The first-order valence-electron chi connectivity index (χ1n) is 5.31. The lowest BCUT2D eigenvalue weighted by molar-refractivity contribution is 0.0593. The number of benzene rings is 1. The van der Waals surface area contributed by atoms with Crippen LogP contribution in [-0.2, 0) is 4.74 Å². The van der Waals surface area contributed by atoms with Crippen LogP contribution in [0.25, 0.3) is 5.69 Å². The number of halogens is 1. The zero-order chi connectivity index (χ0) is 13.3. The first-order valence-corrected chi connectivity index (χ1v) is 5.69. The number of carbonyl (C=O) groups is 1. The van der Waals surface area contributed by atoms with Crippen molar-refractivity contribution >= 4 is 17.6 Å². The fourth-order valence-electron chi connectivity index (χ4n) is 1.70. The molecule has 1 aromatic heterocycles. The molecule has 0 bridgehead atoms. The Kier molecular flexibility index (Phi) is 3.34. The summed E-state index contributed by atoms with van der Waals surface area (Å²) in [6.45, 7) is 3.68. The average Bonchev–Trinajstić information content (AvgIpc) is 2.70. The van der Waals surface area contributed by atoms with Crippen LogP contribution < -0.4 is 0 Å². The number of ether oxygens (including phenoxy) is 1. The van der Waals surface area contributed by atoms with Crippen molar-refractivity contribution < 1.29 is 9.53 Å². The molecule has 94 valence electrons. The Morgan fingerprint density at radius 1 is 1.39 bits per heavy atom. The lowest BCUT2D eigenvalue weighted by atomic mass is 10.2. The van der Waals surface area contributed by atoms with Crippen LogP contribution in [0.1, 0.15) is 21.7 Å². The van der Waals surface area contributed by atoms with Crippen molar-refractivity contribution in [1.29, 1.82) is 0 Å². The van der Waals surface area contributed by atoms with E-state index in [0.717, 1.165) is 11.3 Å². The Morgan fingerprint density at radius 3 is 2.72 bits per heavy atom. The number of methoxy groups -OCH3 is 1. The van der Waals surface area contributed by atoms with Gasteiger partial charge in [-0.2, -0.15) is 0 Å². The highest BCUT2D eigenvalue weighted by molar-refractivity contribution is 6.30. The van der Waals surface area contributed by atoms with E-state index in [-0.39, 0.29) is 5.69 Å². The van der Waals surface area contributed by atoms with Gasteiger partial charge in [-0.3, -0.25) is 0 Å². The molecule has 1 aromatic carbocycles. The van der Waals surface area contributed by atoms with Gasteiger partial charge >= 0.3 is 5.97 Å². The van der Waals surface area contributed by atoms with Crippen molar-refractivity contribution in [2.75, 3.05) is 7.11 Å². The molecule has 2 aromatic rings. The number of carbonyl (C=O) groups excluding carboxylic acids is 1. The molecular weight excluding hydrogens is 254 g/mol. The van der Waals surface area contributed by atoms with Crippen LogP contribution in [0, 0.1) is 13.8 Å². The van der Waals surface area contributed by atoms with Gasteiger partial charge in [-0.15, -0.1) is 5.10 Å². The lowest BCUT2D eigenvalue weighted by Crippen LogP contribution is -2.06. The Morgan fingerprint density at radius 2 is 2.11 bits per heavy atom. The minimum Gasteiger partial charge on any atom is -0.464 e. The number of nitrogens with zero attached hydrogens (tertiary/aromatic N) is 3. The number of aryl methyl sites for hydroxylation is 1. The summed E-state index contributed by atoms with van der Waals surface area (Å²) in [5, 5.41) is 8.45. The molecule has 0 aliphatic rings. The van der Waals surface area contributed by atoms with E-state index in [0.29, 0.717) is 10.7 Å². The molecule has 0 fully saturated rings. The second-order valence-electron chi connectivity index (χ2n) is 3.86. The number of aromatic nitrogens is 3. The monoisotopic (exact) mass is 265 g/mol. The van der Waals surface area contributed by atoms with E-state index in [9.17, 15) is 4.79 Å². The molecule has 5 nitrogen and oxygen atoms in total. The predicted molar refractivity (Wildman–Crippen MR) is 67.2 cm³/mol. The van der Waals surface area contributed by atoms with Crippen molar-refractivity contribution in [3.63, 3.8) is 0 Å². The summed E-state index contributed by atoms with van der Waals surface area (Å²) in [6.07, 6.45) is 0. The SMILES string of the molecule is COC(=O)c1nnn(-c2ccc(Cl)cc2C)c1C. The molecule has 2 rings (SSSR count). The van der Waals surface area contributed by atoms with Crippen LogP contribution in [-0.4, -0.2) is 28.1 Å². The fourth-order valence-corrected chi connectivity index (χ4v) is 1.93. The second-order valence-corrected chi connectivity index (χ2v) is 4.29. The number of hydrogen-bond acceptors (Lipinski definition) is 4. The third-order valence-corrected chi connectivity index (χ3v) is 2.90. The highest BCUT2D eigenvalue weighted by Crippen LogP contribution is 2.20. The zero-order valence-corrected chi connectivity index (χ0v) is 11.0. The molecule has 18 heavy (non-hydrogen) atoms. The van der Waals surface area contributed by atoms with Crippen molar-refractivity contribution in [2.24, 2.45) is 0 Å². The molecule has 6 heteroatoms. The van der Waals surface area contributed by atoms with E-state index in [2.05, 4.69) is 15.0 Å². The second kappa shape index (κ2) is 4.78. The molecule has 1 heterocycles. The smallest absolute Gasteiger partial charge is 0.360 e. The molecule has 0 amide bonds. The van der Waals surface area contributed by atoms with Crippen LogP contribution in [0.4, 0.5) is 0 Å². The summed E-state index contributed by atoms with van der Waals surface area (Å²) in [5.74, 6) is -0.495. The fraction of sp³-hybridized carbons (Fsp3) is 0.250. The van der Waals surface area contributed by atoms with Crippen LogP contribution >= 0.6 is 11.6 Å². The summed E-state index contributed by atoms with van der Waals surface area (Å²) in [5.41, 5.74) is 2.63. The van der Waals surface area contributed by atoms with Crippen LogP contribution in [0.2, 0.25) is 5.02 Å². The summed E-state index contributed by atoms with van der Waals surface area (Å²) < 4.78 is 6.23. The summed E-state index contributed by atoms with van der Waals surface area (Å²) in [7, 11) is 1.31. The van der Waals surface area contributed by atoms with Crippen molar-refractivity contribution in [3.8, 4) is 5.69 Å². The first-order chi connectivity index (χ1) is 8.54. The van der Waals surface area contributed by atoms with Gasteiger partial charge in [0.15, 0.2) is 5.69 Å². The molecule has 0 unspecified atom stereocenters. The molecule has 0 spiro atoms. The van der Waals surface area contributed by atoms with E-state index in [1.165, 1.54) is 7.11 Å². The van der Waals surface area contributed by atoms with Gasteiger partial charge in [0.25, 0.3) is 0 Å². The molecule has 0 saturated heterocycles. The quantitative estimate of drug-likeness (QED) is 0.782. The minimum atomic E-state index is -0.495. The molecule has 0 saturated carbocycles. The standard InChI is InChI=1S/C12H12ClN3O2/c1-7-6-9(13)4-5-10(7)16-8(2)11(14-15-16)12(17)18-3/h4-6H,1-3H3.